The van der Waals surface area contributed by atoms with E-state index in [1.165, 1.54) is 18.0 Å². The number of nitrogens with two attached hydrogens (primary N) is 1. The van der Waals surface area contributed by atoms with Crippen LogP contribution in [0.2, 0.25) is 0 Å². The third kappa shape index (κ3) is 7.17. The predicted molar refractivity (Wildman–Crippen MR) is 152 cm³/mol. The first kappa shape index (κ1) is 32.0. The molecule has 3 aromatic rings. The highest BCUT2D eigenvalue weighted by Crippen LogP contribution is 2.42. The van der Waals surface area contributed by atoms with E-state index < -0.39 is 47.6 Å². The number of likely N-dealkylation sites (N-methyl/N-ethyl adjacent to an activating group) is 1. The third-order valence-electron chi connectivity index (χ3n) is 7.90. The molecule has 230 valence electrons. The largest absolute Gasteiger partial charge is 0.445 e. The molecule has 43 heavy (non-hydrogen) atoms. The summed E-state index contributed by atoms with van der Waals surface area (Å²) in [6.45, 7) is 0.0871. The highest BCUT2D eigenvalue weighted by atomic mass is 19.4. The van der Waals surface area contributed by atoms with Gasteiger partial charge in [-0.3, -0.25) is 9.69 Å². The molecule has 1 aliphatic rings. The molecule has 1 heterocycles. The van der Waals surface area contributed by atoms with Crippen LogP contribution < -0.4 is 11.1 Å². The van der Waals surface area contributed by atoms with Crippen LogP contribution in [-0.2, 0) is 39.3 Å². The second-order valence-electron chi connectivity index (χ2n) is 10.8. The summed E-state index contributed by atoms with van der Waals surface area (Å²) < 4.78 is 66.0. The van der Waals surface area contributed by atoms with E-state index in [9.17, 15) is 27.2 Å². The molecule has 7 nitrogen and oxygen atoms in total. The Morgan fingerprint density at radius 1 is 1.00 bits per heavy atom. The first-order chi connectivity index (χ1) is 20.4. The van der Waals surface area contributed by atoms with Gasteiger partial charge in [0.2, 0.25) is 5.91 Å². The molecule has 0 spiro atoms. The molecule has 4 rings (SSSR count). The SMILES string of the molecule is CNC(=O)C1(N)CC[C@@](CO[C@H](C)c2cc(CF)cc(C(F)(F)F)c2)(c2ccccc2)N(C(=O)OCc2ccccc2)C1. The minimum absolute atomic E-state index is 0.0356. The maximum Gasteiger partial charge on any atom is 0.416 e. The highest BCUT2D eigenvalue weighted by Gasteiger charge is 2.53. The molecule has 0 saturated carbocycles. The van der Waals surface area contributed by atoms with Gasteiger partial charge in [0.05, 0.1) is 30.4 Å². The Balaban J connectivity index is 1.71. The number of nitrogens with zero attached hydrogens (tertiary/aromatic N) is 1. The summed E-state index contributed by atoms with van der Waals surface area (Å²) in [5.41, 5.74) is 4.38. The van der Waals surface area contributed by atoms with Crippen LogP contribution in [0, 0.1) is 0 Å². The van der Waals surface area contributed by atoms with Crippen LogP contribution in [0.15, 0.2) is 78.9 Å². The molecular formula is C32H35F4N3O4. The minimum Gasteiger partial charge on any atom is -0.445 e. The predicted octanol–water partition coefficient (Wildman–Crippen LogP) is 6.02. The van der Waals surface area contributed by atoms with E-state index in [2.05, 4.69) is 5.32 Å². The van der Waals surface area contributed by atoms with Crippen molar-refractivity contribution >= 4 is 12.0 Å². The molecule has 3 N–H and O–H groups in total. The van der Waals surface area contributed by atoms with Crippen molar-refractivity contribution in [3.05, 3.63) is 107 Å². The average molecular weight is 602 g/mol. The average Bonchev–Trinajstić information content (AvgIpc) is 3.02. The second-order valence-corrected chi connectivity index (χ2v) is 10.8. The summed E-state index contributed by atoms with van der Waals surface area (Å²) in [5.74, 6) is -0.452. The van der Waals surface area contributed by atoms with E-state index in [4.69, 9.17) is 15.2 Å². The second kappa shape index (κ2) is 13.1. The van der Waals surface area contributed by atoms with Crippen LogP contribution in [0.5, 0.6) is 0 Å². The van der Waals surface area contributed by atoms with Crippen molar-refractivity contribution in [2.75, 3.05) is 20.2 Å². The normalized spacial score (nSPS) is 21.2. The van der Waals surface area contributed by atoms with Gasteiger partial charge in [0.15, 0.2) is 0 Å². The van der Waals surface area contributed by atoms with Gasteiger partial charge in [-0.2, -0.15) is 13.2 Å². The molecule has 1 aliphatic heterocycles. The topological polar surface area (TPSA) is 93.9 Å². The summed E-state index contributed by atoms with van der Waals surface area (Å²) >= 11 is 0. The standard InChI is InChI=1S/C32H35F4N3O4/c1-22(25-15-24(18-33)16-27(17-25)32(34,35)36)43-21-31(26-11-7-4-8-12-26)14-13-30(37,28(40)38-2)20-39(31)29(41)42-19-23-9-5-3-6-10-23/h3-12,15-17,22H,13-14,18-21,37H2,1-2H3,(H,38,40)/t22-,30?,31-/m1/s1. The van der Waals surface area contributed by atoms with Gasteiger partial charge in [-0.15, -0.1) is 0 Å². The minimum atomic E-state index is -4.67. The third-order valence-corrected chi connectivity index (χ3v) is 7.90. The first-order valence-electron chi connectivity index (χ1n) is 13.9. The molecule has 0 aromatic heterocycles. The van der Waals surface area contributed by atoms with E-state index in [-0.39, 0.29) is 43.7 Å². The van der Waals surface area contributed by atoms with Gasteiger partial charge < -0.3 is 20.5 Å². The van der Waals surface area contributed by atoms with Gasteiger partial charge in [0, 0.05) is 7.05 Å². The number of benzene rings is 3. The van der Waals surface area contributed by atoms with Crippen molar-refractivity contribution in [2.24, 2.45) is 5.73 Å². The highest BCUT2D eigenvalue weighted by molar-refractivity contribution is 5.87. The quantitative estimate of drug-likeness (QED) is 0.293. The van der Waals surface area contributed by atoms with Gasteiger partial charge in [-0.1, -0.05) is 66.7 Å². The van der Waals surface area contributed by atoms with Crippen LogP contribution in [0.1, 0.15) is 53.7 Å². The number of rotatable bonds is 9. The number of carbonyl (C=O) groups excluding carboxylic acids is 2. The summed E-state index contributed by atoms with van der Waals surface area (Å²) in [5, 5.41) is 2.56. The lowest BCUT2D eigenvalue weighted by Gasteiger charge is -2.51. The molecule has 1 saturated heterocycles. The number of hydrogen-bond acceptors (Lipinski definition) is 5. The molecule has 2 amide bonds. The number of alkyl halides is 4. The summed E-state index contributed by atoms with van der Waals surface area (Å²) in [6, 6.07) is 21.1. The summed E-state index contributed by atoms with van der Waals surface area (Å²) in [6.07, 6.45) is -5.94. The molecule has 11 heteroatoms. The van der Waals surface area contributed by atoms with Crippen LogP contribution >= 0.6 is 0 Å². The Hall–Kier alpha value is -3.96. The Morgan fingerprint density at radius 2 is 1.65 bits per heavy atom. The first-order valence-corrected chi connectivity index (χ1v) is 13.9. The number of carbonyl (C=O) groups is 2. The molecule has 0 radical (unpaired) electrons. The fourth-order valence-corrected chi connectivity index (χ4v) is 5.38. The van der Waals surface area contributed by atoms with Crippen molar-refractivity contribution in [1.29, 1.82) is 0 Å². The van der Waals surface area contributed by atoms with Crippen LogP contribution in [-0.4, -0.2) is 42.6 Å². The van der Waals surface area contributed by atoms with Crippen LogP contribution in [0.3, 0.4) is 0 Å². The zero-order valence-corrected chi connectivity index (χ0v) is 24.0. The Bertz CT molecular complexity index is 1410. The van der Waals surface area contributed by atoms with E-state index in [1.54, 1.807) is 49.4 Å². The molecule has 3 atom stereocenters. The molecule has 0 bridgehead atoms. The number of amides is 2. The molecule has 1 fully saturated rings. The number of ether oxygens (including phenoxy) is 2. The molecule has 3 aromatic carbocycles. The maximum atomic E-state index is 13.8. The van der Waals surface area contributed by atoms with E-state index in [0.717, 1.165) is 17.7 Å². The Kier molecular flexibility index (Phi) is 9.76. The number of hydrogen-bond donors (Lipinski definition) is 2. The van der Waals surface area contributed by atoms with Crippen LogP contribution in [0.25, 0.3) is 0 Å². The fraction of sp³-hybridized carbons (Fsp3) is 0.375. The lowest BCUT2D eigenvalue weighted by molar-refractivity contribution is -0.138. The zero-order valence-electron chi connectivity index (χ0n) is 24.0. The number of piperidine rings is 1. The van der Waals surface area contributed by atoms with Gasteiger partial charge in [-0.05, 0) is 54.2 Å². The number of likely N-dealkylation sites (tertiary alicyclic amines) is 1. The van der Waals surface area contributed by atoms with Gasteiger partial charge in [0.25, 0.3) is 0 Å². The number of nitrogens with one attached hydrogen (secondary N) is 1. The maximum absolute atomic E-state index is 13.8. The monoisotopic (exact) mass is 601 g/mol. The number of halogens is 4. The van der Waals surface area contributed by atoms with E-state index >= 15 is 0 Å². The van der Waals surface area contributed by atoms with Gasteiger partial charge in [-0.25, -0.2) is 9.18 Å². The van der Waals surface area contributed by atoms with Crippen molar-refractivity contribution < 1.29 is 36.6 Å². The van der Waals surface area contributed by atoms with Crippen molar-refractivity contribution in [3.63, 3.8) is 0 Å². The Morgan fingerprint density at radius 3 is 2.26 bits per heavy atom. The zero-order chi connectivity index (χ0) is 31.3. The molecule has 1 unspecified atom stereocenters. The van der Waals surface area contributed by atoms with Gasteiger partial charge >= 0.3 is 12.3 Å². The lowest BCUT2D eigenvalue weighted by atomic mass is 9.74. The van der Waals surface area contributed by atoms with E-state index in [1.807, 2.05) is 18.2 Å². The molecular weight excluding hydrogens is 566 g/mol. The fourth-order valence-electron chi connectivity index (χ4n) is 5.38. The van der Waals surface area contributed by atoms with Crippen molar-refractivity contribution in [1.82, 2.24) is 10.2 Å². The lowest BCUT2D eigenvalue weighted by Crippen LogP contribution is -2.69. The van der Waals surface area contributed by atoms with Crippen LogP contribution in [0.4, 0.5) is 22.4 Å². The summed E-state index contributed by atoms with van der Waals surface area (Å²) in [7, 11) is 1.46. The molecule has 0 aliphatic carbocycles. The van der Waals surface area contributed by atoms with Crippen molar-refractivity contribution in [3.8, 4) is 0 Å². The van der Waals surface area contributed by atoms with Crippen molar-refractivity contribution in [2.45, 2.75) is 56.4 Å². The van der Waals surface area contributed by atoms with Gasteiger partial charge in [0.1, 0.15) is 18.8 Å². The Labute approximate surface area is 248 Å². The summed E-state index contributed by atoms with van der Waals surface area (Å²) in [4.78, 5) is 28.0. The van der Waals surface area contributed by atoms with E-state index in [0.29, 0.717) is 5.56 Å². The smallest absolute Gasteiger partial charge is 0.416 e.